The van der Waals surface area contributed by atoms with E-state index in [4.69, 9.17) is 64.2 Å². The van der Waals surface area contributed by atoms with E-state index in [1.807, 2.05) is 43.2 Å². The van der Waals surface area contributed by atoms with E-state index in [9.17, 15) is 86.3 Å². The minimum atomic E-state index is -1.04. The number of rotatable bonds is 29. The number of thiol groups is 2. The molecule has 0 saturated carbocycles. The van der Waals surface area contributed by atoms with Gasteiger partial charge < -0.3 is 55.7 Å². The minimum absolute atomic E-state index is 0. The Morgan fingerprint density at radius 1 is 0.538 bits per heavy atom. The van der Waals surface area contributed by atoms with Crippen LogP contribution >= 0.6 is 155 Å². The van der Waals surface area contributed by atoms with Crippen molar-refractivity contribution in [1.82, 2.24) is 37.0 Å². The molecule has 2 aromatic carbocycles. The van der Waals surface area contributed by atoms with E-state index in [2.05, 4.69) is 108 Å². The molecule has 0 atom stereocenters. The molecule has 0 saturated heterocycles. The Balaban J connectivity index is 0.00000161. The van der Waals surface area contributed by atoms with Gasteiger partial charge in [-0.1, -0.05) is 64.8 Å². The molecule has 1 amide bonds. The van der Waals surface area contributed by atoms with Gasteiger partial charge in [-0.3, -0.25) is 104 Å². The predicted molar refractivity (Wildman–Crippen MR) is 579 cm³/mol. The second-order valence-electron chi connectivity index (χ2n) is 29.0. The number of esters is 2. The number of carboxylic acid groups (broad SMARTS) is 2. The average molecular weight is 2350 g/mol. The van der Waals surface area contributed by atoms with Crippen LogP contribution in [0, 0.1) is 41.5 Å². The Bertz CT molecular complexity index is 6860. The number of aromatic amines is 1. The summed E-state index contributed by atoms with van der Waals surface area (Å²) >= 11 is 31.5. The van der Waals surface area contributed by atoms with Gasteiger partial charge in [-0.2, -0.15) is 0 Å². The van der Waals surface area contributed by atoms with Crippen molar-refractivity contribution in [3.63, 3.8) is 0 Å². The normalized spacial score (nSPS) is 9.99. The fourth-order valence-electron chi connectivity index (χ4n) is 11.9. The summed E-state index contributed by atoms with van der Waals surface area (Å²) in [6.45, 7) is 20.0. The number of aromatic nitrogens is 8. The maximum Gasteiger partial charge on any atom is 1.00 e. The zero-order valence-electron chi connectivity index (χ0n) is 81.1. The zero-order valence-corrected chi connectivity index (χ0v) is 95.0. The average Bonchev–Trinajstić information content (AvgIpc) is 1.61. The van der Waals surface area contributed by atoms with Crippen molar-refractivity contribution in [1.29, 1.82) is 0 Å². The number of ketones is 5. The van der Waals surface area contributed by atoms with Crippen LogP contribution in [-0.4, -0.2) is 182 Å². The standard InChI is InChI=1S/C18H17ClN2O3S.C14H19NO5S.C12H13BrN2O3S.C12H14N2O3S.C10H10N2O4S.C7H9NO2S.C6H5BClO2.C6H10O4.C2H5O.CH3I.2BHNS.Na/c1-10(22)8-9-21-16(23)14-11(2)15(12-4-6-13(19)7-5-12)25-17(14)20(3)18(21)24;1-3-20-12(19)6-4-5-11(18)15-14-13(10(17)7-16)9(2)8-21-14;1-6(16)4-5-15-10(17)8-7(2)9(13)19-11(8)14(3)12(15)18;1-7-6-18-11-9(7)10(16)14(5-4-8(2)15)12(17)13(11)3;1-5-4-17-8-7(5)9(15)12(10(16)11-8)3-2-6(13)14;1-4-3-11-7(8)6(4)5(10)2-9;8-5-1-3-6(4-2-5)10-7-9;1-2-10-6(9)4-3-5(7)8;1-2-3;1-2;2*1-2-3;/h4-7H,8-9H2,1-3H3;8,16H,3-7H2,1-2H3,(H,15,18);4-5H2,1-3H3;6H,4-5H2,1-3H3;4H,2-3H2,1H3,(H,11,16)(H,13,14);3,9H,2,8H2,1H3;1-4,9H;2-4H2,1H3,(H,7,8);2H2,1H3;1H3;2*3H;/q;;;;;;;;-1;;;;+1. The third kappa shape index (κ3) is 42.7. The fraction of sp³-hybridized carbons (Fsp3) is 0.386. The number of carbonyl (C=O) groups is 10. The van der Waals surface area contributed by atoms with Gasteiger partial charge in [-0.15, -0.1) is 74.6 Å². The minimum Gasteiger partial charge on any atom is 1.00 e. The molecule has 767 valence electrons. The van der Waals surface area contributed by atoms with Crippen LogP contribution in [0.2, 0.25) is 10.0 Å². The molecule has 0 spiro atoms. The van der Waals surface area contributed by atoms with Crippen molar-refractivity contribution in [3.8, 4) is 16.2 Å². The number of halogens is 4. The third-order valence-corrected chi connectivity index (χ3v) is 26.9. The van der Waals surface area contributed by atoms with E-state index in [0.29, 0.717) is 105 Å². The number of aryl methyl sites for hydroxylation is 9. The number of nitrogen functional groups attached to an aromatic ring is 1. The van der Waals surface area contributed by atoms with E-state index < -0.39 is 53.8 Å². The van der Waals surface area contributed by atoms with Crippen molar-refractivity contribution in [2.45, 2.75) is 167 Å². The van der Waals surface area contributed by atoms with E-state index >= 15 is 0 Å². The van der Waals surface area contributed by atoms with E-state index in [1.54, 1.807) is 115 Å². The molecule has 10 heterocycles. The zero-order chi connectivity index (χ0) is 108. The number of benzene rings is 2. The number of anilines is 2. The number of thiophene rings is 6. The first kappa shape index (κ1) is 134. The first-order chi connectivity index (χ1) is 67.0. The number of ether oxygens (including phenoxy) is 2. The number of hydrogen-bond donors (Lipinski definition) is 10. The second-order valence-corrected chi connectivity index (χ2v) is 37.2. The number of carbonyl (C=O) groups excluding carboxylic acids is 8. The van der Waals surface area contributed by atoms with Gasteiger partial charge in [0.1, 0.15) is 60.6 Å². The number of amides is 1. The largest absolute Gasteiger partial charge is 1.00 e. The molecule has 0 unspecified atom stereocenters. The van der Waals surface area contributed by atoms with E-state index in [0.717, 1.165) is 65.9 Å². The van der Waals surface area contributed by atoms with Gasteiger partial charge in [0.15, 0.2) is 11.6 Å². The number of fused-ring (bicyclic) bond motifs is 4. The molecule has 9 N–H and O–H groups in total. The molecule has 3 radical (unpaired) electrons. The molecule has 0 aliphatic rings. The van der Waals surface area contributed by atoms with Crippen LogP contribution in [0.25, 0.3) is 51.3 Å². The molecule has 10 aromatic heterocycles. The molecule has 0 aliphatic heterocycles. The summed E-state index contributed by atoms with van der Waals surface area (Å²) in [5, 5.41) is 65.5. The second kappa shape index (κ2) is 69.8. The van der Waals surface area contributed by atoms with Crippen LogP contribution in [-0.2, 0) is 95.2 Å². The number of aliphatic carboxylic acids is 2. The number of H-pyrrole nitrogens is 1. The third-order valence-electron chi connectivity index (χ3n) is 18.6. The maximum atomic E-state index is 12.9. The van der Waals surface area contributed by atoms with Crippen LogP contribution in [0.1, 0.15) is 153 Å². The molecular weight excluding hydrogens is 2250 g/mol. The summed E-state index contributed by atoms with van der Waals surface area (Å²) in [6, 6.07) is 14.1. The summed E-state index contributed by atoms with van der Waals surface area (Å²) in [5.74, 6) is -3.37. The summed E-state index contributed by atoms with van der Waals surface area (Å²) in [5.41, 5.74) is 9.06. The quantitative estimate of drug-likeness (QED) is 0.00522. The SMILES string of the molecule is CC(=O)CCn1c(=O)c2c(C)c(-c3ccc(Cl)cc3)sc2n(C)c1=O.CC(=O)CCn1c(=O)c2c(C)c(Br)sc2n(C)c1=O.CC(=O)CCn1c(=O)c2c(C)csc2n(C)c1=O.CCOC(=O)CCC(=O)O.CCOC(=O)CCCC(=O)Nc1scc(C)c1C(=O)CO.CC[O-].CI.Cc1csc(N)c1C(=O)CO.Cc1csc2[nH]c(=O)n(CCC(=O)O)c(=O)c12.O[B]Oc1ccc(Cl)cc1.[B]=NS.[B]=NS.[Na+]. The first-order valence-electron chi connectivity index (χ1n) is 41.9. The molecule has 39 nitrogen and oxygen atoms in total. The van der Waals surface area contributed by atoms with Crippen molar-refractivity contribution in [2.24, 2.45) is 29.7 Å². The number of nitrogens with one attached hydrogen (secondary N) is 2. The number of Topliss-reactive ketones (excluding diaryl/α,β-unsaturated/α-hetero) is 5. The molecule has 0 aliphatic carbocycles. The Morgan fingerprint density at radius 3 is 1.36 bits per heavy atom. The van der Waals surface area contributed by atoms with Gasteiger partial charge in [0.05, 0.1) is 73.9 Å². The monoisotopic (exact) mass is 2350 g/mol. The van der Waals surface area contributed by atoms with E-state index in [-0.39, 0.29) is 177 Å². The van der Waals surface area contributed by atoms with Crippen molar-refractivity contribution in [3.05, 3.63) is 212 Å². The molecule has 0 fully saturated rings. The van der Waals surface area contributed by atoms with Gasteiger partial charge in [-0.05, 0) is 200 Å². The van der Waals surface area contributed by atoms with Crippen LogP contribution in [0.5, 0.6) is 5.75 Å². The smallest absolute Gasteiger partial charge is 1.00 e. The van der Waals surface area contributed by atoms with Gasteiger partial charge in [0, 0.05) is 94.3 Å². The van der Waals surface area contributed by atoms with Crippen LogP contribution in [0.3, 0.4) is 0 Å². The Morgan fingerprint density at radius 2 is 0.923 bits per heavy atom. The Labute approximate surface area is 912 Å². The molecule has 12 aromatic rings. The van der Waals surface area contributed by atoms with Crippen LogP contribution in [0.4, 0.5) is 10.0 Å². The van der Waals surface area contributed by atoms with Gasteiger partial charge in [-0.25, -0.2) is 19.2 Å². The number of alkyl halides is 1. The number of hydrogen-bond acceptors (Lipinski definition) is 36. The van der Waals surface area contributed by atoms with Crippen LogP contribution < -0.4 is 95.4 Å². The van der Waals surface area contributed by atoms with E-state index in [1.165, 1.54) is 102 Å². The maximum absolute atomic E-state index is 12.9. The summed E-state index contributed by atoms with van der Waals surface area (Å²) in [6.07, 6.45) is 0.844. The Kier molecular flexibility index (Phi) is 65.3. The van der Waals surface area contributed by atoms with Crippen molar-refractivity contribution in [2.75, 3.05) is 49.0 Å². The first-order valence-corrected chi connectivity index (χ1v) is 51.6. The molecule has 12 rings (SSSR count). The molecular formula is C88H107B3BrCl2IN12NaO27S8. The summed E-state index contributed by atoms with van der Waals surface area (Å²) in [7, 11) is 14.2. The van der Waals surface area contributed by atoms with Crippen molar-refractivity contribution >= 4 is 288 Å². The molecule has 143 heavy (non-hydrogen) atoms. The number of aliphatic hydroxyl groups excluding tert-OH is 2. The number of aliphatic hydroxyl groups is 2. The van der Waals surface area contributed by atoms with Gasteiger partial charge in [0.2, 0.25) is 5.91 Å². The van der Waals surface area contributed by atoms with Crippen molar-refractivity contribution < 1.29 is 122 Å². The molecule has 0 bridgehead atoms. The summed E-state index contributed by atoms with van der Waals surface area (Å²) in [4.78, 5) is 215. The summed E-state index contributed by atoms with van der Waals surface area (Å²) < 4.78 is 28.9. The van der Waals surface area contributed by atoms with Gasteiger partial charge >= 0.3 is 133 Å². The fourth-order valence-corrected chi connectivity index (χ4v) is 18.8. The topological polar surface area (TPSA) is 572 Å². The van der Waals surface area contributed by atoms with Crippen LogP contribution in [0.15, 0.2) is 121 Å². The predicted octanol–water partition coefficient (Wildman–Crippen LogP) is 8.93. The number of nitrogens with two attached hydrogens (primary N) is 1. The number of nitrogens with zero attached hydrogens (tertiary/aromatic N) is 9. The molecule has 55 heteroatoms. The Hall–Kier alpha value is -9.18. The van der Waals surface area contributed by atoms with Gasteiger partial charge in [0.25, 0.3) is 22.2 Å². The number of carboxylic acids is 2.